The lowest BCUT2D eigenvalue weighted by Crippen LogP contribution is -2.40. The lowest BCUT2D eigenvalue weighted by atomic mass is 9.71. The van der Waals surface area contributed by atoms with Crippen LogP contribution in [-0.4, -0.2) is 102 Å². The van der Waals surface area contributed by atoms with Gasteiger partial charge in [-0.3, -0.25) is 19.2 Å². The molecule has 4 atom stereocenters. The van der Waals surface area contributed by atoms with Crippen LogP contribution in [0.15, 0.2) is 72.9 Å². The van der Waals surface area contributed by atoms with E-state index in [0.717, 1.165) is 12.2 Å². The van der Waals surface area contributed by atoms with Crippen molar-refractivity contribution < 1.29 is 91.8 Å². The maximum atomic E-state index is 11.7. The highest BCUT2D eigenvalue weighted by molar-refractivity contribution is 6.05. The Labute approximate surface area is 291 Å². The summed E-state index contributed by atoms with van der Waals surface area (Å²) in [6.45, 7) is 0. The van der Waals surface area contributed by atoms with E-state index in [1.807, 2.05) is 0 Å². The first-order chi connectivity index (χ1) is 25.7. The van der Waals surface area contributed by atoms with Crippen molar-refractivity contribution in [2.75, 3.05) is 42.7 Å². The minimum absolute atomic E-state index is 0.468. The molecule has 0 aromatic heterocycles. The average Bonchev–Trinajstić information content (AvgIpc) is 3.74. The van der Waals surface area contributed by atoms with Gasteiger partial charge in [-0.25, -0.2) is 28.8 Å². The highest BCUT2D eigenvalue weighted by atomic mass is 16.6. The van der Waals surface area contributed by atoms with Gasteiger partial charge in [0, 0.05) is 42.4 Å². The molecule has 1 fully saturated rings. The minimum atomic E-state index is -1.03. The molecule has 1 saturated heterocycles. The number of hydrogen-bond donors (Lipinski definition) is 0. The Morgan fingerprint density at radius 3 is 1.02 bits per heavy atom. The van der Waals surface area contributed by atoms with Crippen LogP contribution in [0.25, 0.3) is 0 Å². The van der Waals surface area contributed by atoms with Crippen molar-refractivity contribution in [3.63, 3.8) is 0 Å². The van der Waals surface area contributed by atoms with E-state index < -0.39 is 83.4 Å². The van der Waals surface area contributed by atoms with Gasteiger partial charge >= 0.3 is 59.7 Å². The van der Waals surface area contributed by atoms with Gasteiger partial charge in [0.15, 0.2) is 0 Å². The molecule has 18 heteroatoms. The highest BCUT2D eigenvalue weighted by Crippen LogP contribution is 2.41. The standard InChI is InChI=1S/C12H12O7.2C8H10O4.C4H2O3.2H2/c1-17-9(13)5-3-4-6(10(14)18-2)8-7(5)11(15)19-12(8)16;2*1-11-7(9)5-3-4-6-8(10)12-2;5-3-1-2-4(6)7-3;;/h3-8H,1-2H3;2*3-6H,1-2H3;1-2H;2*1H/b;5-3+,6-4+;5-3-,6-4+;;;/t5-,6+,7-,8+;;;;;/i;;;;2*1+2D. The monoisotopic (exact) mass is 716 g/mol. The highest BCUT2D eigenvalue weighted by Gasteiger charge is 2.56. The van der Waals surface area contributed by atoms with Crippen molar-refractivity contribution in [3.05, 3.63) is 72.9 Å². The summed E-state index contributed by atoms with van der Waals surface area (Å²) in [5, 5.41) is 0. The Balaban J connectivity index is -0.000000654. The second-order valence-electron chi connectivity index (χ2n) is 8.88. The van der Waals surface area contributed by atoms with Gasteiger partial charge in [0.1, 0.15) is 0 Å². The maximum absolute atomic E-state index is 11.7. The van der Waals surface area contributed by atoms with E-state index in [0.29, 0.717) is 0 Å². The van der Waals surface area contributed by atoms with E-state index in [4.69, 9.17) is 5.94 Å². The third-order valence-electron chi connectivity index (χ3n) is 5.89. The van der Waals surface area contributed by atoms with Gasteiger partial charge in [0.2, 0.25) is 0 Å². The molecule has 0 saturated carbocycles. The van der Waals surface area contributed by atoms with Crippen LogP contribution in [0.1, 0.15) is 5.94 Å². The van der Waals surface area contributed by atoms with Crippen LogP contribution in [0.5, 0.6) is 0 Å². The van der Waals surface area contributed by atoms with Gasteiger partial charge in [0.05, 0.1) is 66.3 Å². The molecule has 0 aromatic rings. The smallest absolute Gasteiger partial charge is 0.338 e. The molecule has 18 nitrogen and oxygen atoms in total. The average molecular weight is 717 g/mol. The molecule has 0 radical (unpaired) electrons. The van der Waals surface area contributed by atoms with Crippen LogP contribution in [0.3, 0.4) is 0 Å². The van der Waals surface area contributed by atoms with Gasteiger partial charge in [0.25, 0.3) is 0 Å². The lowest BCUT2D eigenvalue weighted by Gasteiger charge is -2.27. The normalized spacial score (nSPS) is 20.2. The van der Waals surface area contributed by atoms with Crippen LogP contribution in [-0.2, 0) is 85.8 Å². The largest absolute Gasteiger partial charge is 0.469 e. The predicted molar refractivity (Wildman–Crippen MR) is 167 cm³/mol. The molecular formula is C32H38O18. The Kier molecular flexibility index (Phi) is 18.9. The summed E-state index contributed by atoms with van der Waals surface area (Å²) in [7, 11) is 7.46. The summed E-state index contributed by atoms with van der Waals surface area (Å²) in [5.74, 6) is -9.87. The Morgan fingerprint density at radius 2 is 0.820 bits per heavy atom. The van der Waals surface area contributed by atoms with Crippen molar-refractivity contribution >= 4 is 59.7 Å². The van der Waals surface area contributed by atoms with Gasteiger partial charge in [-0.2, -0.15) is 0 Å². The van der Waals surface area contributed by atoms with Crippen molar-refractivity contribution in [1.29, 1.82) is 0 Å². The quantitative estimate of drug-likeness (QED) is 0.0826. The molecule has 0 bridgehead atoms. The summed E-state index contributed by atoms with van der Waals surface area (Å²) in [5.41, 5.74) is 0. The number of rotatable bonds is 8. The number of fused-ring (bicyclic) bond motifs is 1. The molecule has 274 valence electrons. The lowest BCUT2D eigenvalue weighted by molar-refractivity contribution is -0.157. The van der Waals surface area contributed by atoms with E-state index in [2.05, 4.69) is 37.9 Å². The third kappa shape index (κ3) is 15.9. The van der Waals surface area contributed by atoms with Crippen LogP contribution < -0.4 is 0 Å². The third-order valence-corrected chi connectivity index (χ3v) is 5.89. The van der Waals surface area contributed by atoms with E-state index >= 15 is 0 Å². The Morgan fingerprint density at radius 1 is 0.540 bits per heavy atom. The molecule has 0 N–H and O–H groups in total. The first-order valence-electron chi connectivity index (χ1n) is 15.8. The summed E-state index contributed by atoms with van der Waals surface area (Å²) < 4.78 is 54.9. The van der Waals surface area contributed by atoms with E-state index in [1.54, 1.807) is 0 Å². The molecule has 1 aliphatic carbocycles. The molecule has 0 spiro atoms. The second kappa shape index (κ2) is 23.8. The minimum Gasteiger partial charge on any atom is -0.469 e. The number of carbonyl (C=O) groups excluding carboxylic acids is 10. The summed E-state index contributed by atoms with van der Waals surface area (Å²) >= 11 is 0. The summed E-state index contributed by atoms with van der Waals surface area (Å²) in [4.78, 5) is 108. The molecule has 0 unspecified atom stereocenters. The van der Waals surface area contributed by atoms with E-state index in [-0.39, 0.29) is 0 Å². The molecule has 0 amide bonds. The van der Waals surface area contributed by atoms with Crippen LogP contribution in [0.2, 0.25) is 0 Å². The van der Waals surface area contributed by atoms with Crippen molar-refractivity contribution in [2.24, 2.45) is 23.7 Å². The van der Waals surface area contributed by atoms with Gasteiger partial charge in [-0.05, 0) is 0 Å². The topological polar surface area (TPSA) is 245 Å². The number of esters is 10. The summed E-state index contributed by atoms with van der Waals surface area (Å²) in [6.07, 6.45) is 15.3. The van der Waals surface area contributed by atoms with Gasteiger partial charge < -0.3 is 37.9 Å². The van der Waals surface area contributed by atoms with Gasteiger partial charge in [-0.15, -0.1) is 0 Å². The zero-order valence-corrected chi connectivity index (χ0v) is 27.6. The van der Waals surface area contributed by atoms with Crippen molar-refractivity contribution in [3.8, 4) is 0 Å². The van der Waals surface area contributed by atoms with Crippen LogP contribution in [0, 0.1) is 23.7 Å². The maximum Gasteiger partial charge on any atom is 0.338 e. The molecule has 50 heavy (non-hydrogen) atoms. The molecular weight excluding hydrogens is 672 g/mol. The zero-order valence-electron chi connectivity index (χ0n) is 31.6. The van der Waals surface area contributed by atoms with Crippen LogP contribution >= 0.6 is 0 Å². The molecule has 0 aromatic carbocycles. The number of ether oxygens (including phenoxy) is 8. The fourth-order valence-corrected chi connectivity index (χ4v) is 3.58. The number of cyclic esters (lactones) is 4. The van der Waals surface area contributed by atoms with E-state index in [1.165, 1.54) is 103 Å². The molecule has 2 heterocycles. The Bertz CT molecular complexity index is 1340. The molecule has 2 aliphatic heterocycles. The first-order valence-corrected chi connectivity index (χ1v) is 13.8. The Hall–Kier alpha value is -6.46. The van der Waals surface area contributed by atoms with Crippen LogP contribution in [0.4, 0.5) is 0 Å². The zero-order chi connectivity index (χ0) is 42.2. The number of allylic oxidation sites excluding steroid dienone is 4. The first kappa shape index (κ1) is 39.7. The second-order valence-corrected chi connectivity index (χ2v) is 8.88. The predicted octanol–water partition coefficient (Wildman–Crippen LogP) is 0.458. The van der Waals surface area contributed by atoms with Gasteiger partial charge in [-0.1, -0.05) is 36.5 Å². The number of methoxy groups -OCH3 is 6. The summed E-state index contributed by atoms with van der Waals surface area (Å²) in [6, 6.07) is 0. The number of carbonyl (C=O) groups is 10. The number of hydrogen-bond acceptors (Lipinski definition) is 18. The van der Waals surface area contributed by atoms with Crippen molar-refractivity contribution in [2.45, 2.75) is 0 Å². The van der Waals surface area contributed by atoms with E-state index in [9.17, 15) is 47.9 Å². The fraction of sp³-hybridized carbons (Fsp3) is 0.312. The SMILES string of the molecule is COC(=O)/C=C/C=C/C(=O)OC.COC(=O)/C=C\C=C\C(=O)OC.COC(=O)[C@H]1C=C[C@@H](C(=O)OC)[C@H]2C(=O)OC(=O)[C@H]21.O=C1C=CC(=O)O1.[2H][3H].[2H][3H]. The molecule has 3 rings (SSSR count). The molecule has 3 aliphatic rings. The fourth-order valence-electron chi connectivity index (χ4n) is 3.58. The van der Waals surface area contributed by atoms with Crippen molar-refractivity contribution in [1.82, 2.24) is 0 Å².